The summed E-state index contributed by atoms with van der Waals surface area (Å²) in [5.41, 5.74) is 2.04. The van der Waals surface area contributed by atoms with Gasteiger partial charge in [0.25, 0.3) is 0 Å². The molecule has 0 spiro atoms. The van der Waals surface area contributed by atoms with Gasteiger partial charge in [0.05, 0.1) is 22.5 Å². The second-order valence-electron chi connectivity index (χ2n) is 4.88. The molecule has 1 aliphatic rings. The van der Waals surface area contributed by atoms with Crippen molar-refractivity contribution >= 4 is 11.6 Å². The van der Waals surface area contributed by atoms with Crippen LogP contribution in [0.3, 0.4) is 0 Å². The molecule has 2 rings (SSSR count). The lowest BCUT2D eigenvalue weighted by molar-refractivity contribution is 0.0845. The molecular weight excluding hydrogens is 250 g/mol. The second kappa shape index (κ2) is 6.04. The molecule has 0 saturated heterocycles. The largest absolute Gasteiger partial charge is 0.380 e. The van der Waals surface area contributed by atoms with Crippen molar-refractivity contribution in [2.45, 2.75) is 51.3 Å². The normalized spacial score (nSPS) is 23.8. The number of nitrogens with zero attached hydrogens (tertiary/aromatic N) is 2. The molecule has 1 aliphatic carbocycles. The van der Waals surface area contributed by atoms with Crippen LogP contribution in [0, 0.1) is 0 Å². The molecule has 1 aromatic heterocycles. The van der Waals surface area contributed by atoms with E-state index in [-0.39, 0.29) is 0 Å². The minimum atomic E-state index is 0.336. The van der Waals surface area contributed by atoms with E-state index in [2.05, 4.69) is 17.3 Å². The summed E-state index contributed by atoms with van der Waals surface area (Å²) < 4.78 is 7.36. The van der Waals surface area contributed by atoms with Gasteiger partial charge in [0.15, 0.2) is 0 Å². The SMILES string of the molecule is CCc1nn(C)c(CNC2CCCC2OC)c1Cl. The first-order valence-corrected chi connectivity index (χ1v) is 7.01. The third-order valence-electron chi connectivity index (χ3n) is 3.79. The molecular formula is C13H22ClN3O. The Morgan fingerprint density at radius 2 is 2.28 bits per heavy atom. The van der Waals surface area contributed by atoms with Gasteiger partial charge in [-0.25, -0.2) is 0 Å². The summed E-state index contributed by atoms with van der Waals surface area (Å²) >= 11 is 6.33. The number of nitrogens with one attached hydrogen (secondary N) is 1. The molecule has 0 radical (unpaired) electrons. The van der Waals surface area contributed by atoms with Crippen LogP contribution in [0.15, 0.2) is 0 Å². The van der Waals surface area contributed by atoms with Crippen LogP contribution < -0.4 is 5.32 Å². The van der Waals surface area contributed by atoms with Crippen molar-refractivity contribution in [2.24, 2.45) is 7.05 Å². The first-order valence-electron chi connectivity index (χ1n) is 6.63. The summed E-state index contributed by atoms with van der Waals surface area (Å²) in [4.78, 5) is 0. The summed E-state index contributed by atoms with van der Waals surface area (Å²) in [5, 5.41) is 8.78. The van der Waals surface area contributed by atoms with Crippen molar-refractivity contribution in [3.63, 3.8) is 0 Å². The van der Waals surface area contributed by atoms with Crippen LogP contribution >= 0.6 is 11.6 Å². The lowest BCUT2D eigenvalue weighted by Crippen LogP contribution is -2.36. The van der Waals surface area contributed by atoms with Crippen LogP contribution in [0.2, 0.25) is 5.02 Å². The quantitative estimate of drug-likeness (QED) is 0.893. The predicted molar refractivity (Wildman–Crippen MR) is 72.9 cm³/mol. The highest BCUT2D eigenvalue weighted by molar-refractivity contribution is 6.31. The molecule has 0 aromatic carbocycles. The fraction of sp³-hybridized carbons (Fsp3) is 0.769. The van der Waals surface area contributed by atoms with Crippen molar-refractivity contribution in [1.29, 1.82) is 0 Å². The van der Waals surface area contributed by atoms with Crippen molar-refractivity contribution < 1.29 is 4.74 Å². The van der Waals surface area contributed by atoms with Crippen molar-refractivity contribution in [3.05, 3.63) is 16.4 Å². The number of aryl methyl sites for hydroxylation is 2. The van der Waals surface area contributed by atoms with Gasteiger partial charge in [0.1, 0.15) is 0 Å². The highest BCUT2D eigenvalue weighted by Crippen LogP contribution is 2.24. The molecule has 2 atom stereocenters. The van der Waals surface area contributed by atoms with E-state index in [1.807, 2.05) is 11.7 Å². The Hall–Kier alpha value is -0.580. The van der Waals surface area contributed by atoms with Gasteiger partial charge in [0, 0.05) is 26.7 Å². The van der Waals surface area contributed by atoms with Crippen LogP contribution in [0.4, 0.5) is 0 Å². The van der Waals surface area contributed by atoms with E-state index in [0.29, 0.717) is 12.1 Å². The summed E-state index contributed by atoms with van der Waals surface area (Å²) in [7, 11) is 3.74. The van der Waals surface area contributed by atoms with Crippen LogP contribution in [0.1, 0.15) is 37.6 Å². The molecule has 102 valence electrons. The molecule has 2 unspecified atom stereocenters. The van der Waals surface area contributed by atoms with E-state index in [1.165, 1.54) is 12.8 Å². The molecule has 18 heavy (non-hydrogen) atoms. The van der Waals surface area contributed by atoms with Gasteiger partial charge in [0.2, 0.25) is 0 Å². The highest BCUT2D eigenvalue weighted by Gasteiger charge is 2.27. The first-order chi connectivity index (χ1) is 8.67. The van der Waals surface area contributed by atoms with Crippen LogP contribution in [-0.4, -0.2) is 29.0 Å². The van der Waals surface area contributed by atoms with Crippen LogP contribution in [-0.2, 0) is 24.8 Å². The average Bonchev–Trinajstić information content (AvgIpc) is 2.92. The average molecular weight is 272 g/mol. The maximum Gasteiger partial charge on any atom is 0.0863 e. The van der Waals surface area contributed by atoms with Crippen LogP contribution in [0.25, 0.3) is 0 Å². The van der Waals surface area contributed by atoms with E-state index >= 15 is 0 Å². The van der Waals surface area contributed by atoms with Crippen molar-refractivity contribution in [2.75, 3.05) is 7.11 Å². The zero-order valence-electron chi connectivity index (χ0n) is 11.4. The lowest BCUT2D eigenvalue weighted by atomic mass is 10.2. The molecule has 0 amide bonds. The van der Waals surface area contributed by atoms with Gasteiger partial charge in [-0.1, -0.05) is 18.5 Å². The molecule has 1 N–H and O–H groups in total. The molecule has 1 fully saturated rings. The Morgan fingerprint density at radius 1 is 1.50 bits per heavy atom. The van der Waals surface area contributed by atoms with E-state index in [9.17, 15) is 0 Å². The Balaban J connectivity index is 1.99. The first kappa shape index (κ1) is 13.8. The Morgan fingerprint density at radius 3 is 2.89 bits per heavy atom. The number of methoxy groups -OCH3 is 1. The van der Waals surface area contributed by atoms with Gasteiger partial charge in [-0.2, -0.15) is 5.10 Å². The zero-order chi connectivity index (χ0) is 13.1. The summed E-state index contributed by atoms with van der Waals surface area (Å²) in [6.45, 7) is 2.83. The van der Waals surface area contributed by atoms with E-state index in [1.54, 1.807) is 7.11 Å². The summed E-state index contributed by atoms with van der Waals surface area (Å²) in [5.74, 6) is 0. The fourth-order valence-corrected chi connectivity index (χ4v) is 3.04. The predicted octanol–water partition coefficient (Wildman–Crippen LogP) is 2.29. The van der Waals surface area contributed by atoms with Gasteiger partial charge in [-0.05, 0) is 25.7 Å². The monoisotopic (exact) mass is 271 g/mol. The standard InChI is InChI=1S/C13H22ClN3O/c1-4-9-13(14)11(17(2)16-9)8-15-10-6-5-7-12(10)18-3/h10,12,15H,4-8H2,1-3H3. The van der Waals surface area contributed by atoms with Crippen molar-refractivity contribution in [3.8, 4) is 0 Å². The van der Waals surface area contributed by atoms with Gasteiger partial charge in [-0.3, -0.25) is 4.68 Å². The second-order valence-corrected chi connectivity index (χ2v) is 5.25. The summed E-state index contributed by atoms with van der Waals surface area (Å²) in [6, 6.07) is 0.436. The van der Waals surface area contributed by atoms with Gasteiger partial charge in [-0.15, -0.1) is 0 Å². The van der Waals surface area contributed by atoms with Crippen molar-refractivity contribution in [1.82, 2.24) is 15.1 Å². The molecule has 0 aliphatic heterocycles. The Labute approximate surface area is 114 Å². The molecule has 4 nitrogen and oxygen atoms in total. The van der Waals surface area contributed by atoms with Gasteiger partial charge >= 0.3 is 0 Å². The molecule has 0 bridgehead atoms. The van der Waals surface area contributed by atoms with E-state index in [0.717, 1.165) is 35.8 Å². The third kappa shape index (κ3) is 2.71. The molecule has 1 saturated carbocycles. The highest BCUT2D eigenvalue weighted by atomic mass is 35.5. The number of rotatable bonds is 5. The van der Waals surface area contributed by atoms with E-state index < -0.39 is 0 Å². The zero-order valence-corrected chi connectivity index (χ0v) is 12.1. The number of aromatic nitrogens is 2. The smallest absolute Gasteiger partial charge is 0.0863 e. The maximum atomic E-state index is 6.33. The number of ether oxygens (including phenoxy) is 1. The summed E-state index contributed by atoms with van der Waals surface area (Å²) in [6.07, 6.45) is 4.76. The number of hydrogen-bond donors (Lipinski definition) is 1. The van der Waals surface area contributed by atoms with Gasteiger partial charge < -0.3 is 10.1 Å². The van der Waals surface area contributed by atoms with E-state index in [4.69, 9.17) is 16.3 Å². The Kier molecular flexibility index (Phi) is 4.65. The topological polar surface area (TPSA) is 39.1 Å². The molecule has 5 heteroatoms. The number of hydrogen-bond acceptors (Lipinski definition) is 3. The lowest BCUT2D eigenvalue weighted by Gasteiger charge is -2.19. The maximum absolute atomic E-state index is 6.33. The minimum Gasteiger partial charge on any atom is -0.380 e. The Bertz CT molecular complexity index is 405. The third-order valence-corrected chi connectivity index (χ3v) is 4.23. The minimum absolute atomic E-state index is 0.336. The molecule has 1 heterocycles. The number of halogens is 1. The van der Waals surface area contributed by atoms with Crippen LogP contribution in [0.5, 0.6) is 0 Å². The molecule has 1 aromatic rings. The fourth-order valence-electron chi connectivity index (χ4n) is 2.68.